The van der Waals surface area contributed by atoms with Gasteiger partial charge in [0.1, 0.15) is 0 Å². The molecular weight excluding hydrogens is 264 g/mol. The van der Waals surface area contributed by atoms with Gasteiger partial charge in [0.05, 0.1) is 23.4 Å². The van der Waals surface area contributed by atoms with Crippen molar-refractivity contribution in [2.24, 2.45) is 0 Å². The number of hydrogen-bond acceptors (Lipinski definition) is 5. The highest BCUT2D eigenvalue weighted by atomic mass is 32.2. The Morgan fingerprint density at radius 2 is 2.26 bits per heavy atom. The minimum Gasteiger partial charge on any atom is -0.481 e. The van der Waals surface area contributed by atoms with Gasteiger partial charge in [0, 0.05) is 18.0 Å². The Kier molecular flexibility index (Phi) is 4.35. The van der Waals surface area contributed by atoms with Gasteiger partial charge in [-0.15, -0.1) is 11.8 Å². The Balaban J connectivity index is 2.05. The number of aromatic carboxylic acids is 1. The van der Waals surface area contributed by atoms with Crippen LogP contribution in [0.25, 0.3) is 0 Å². The molecule has 0 bridgehead atoms. The van der Waals surface area contributed by atoms with Crippen LogP contribution in [0.15, 0.2) is 41.6 Å². The van der Waals surface area contributed by atoms with Crippen LogP contribution in [0, 0.1) is 0 Å². The van der Waals surface area contributed by atoms with Crippen LogP contribution >= 0.6 is 11.8 Å². The van der Waals surface area contributed by atoms with Gasteiger partial charge < -0.3 is 9.84 Å². The molecule has 0 atom stereocenters. The molecule has 2 aromatic rings. The Labute approximate surface area is 114 Å². The molecule has 2 rings (SSSR count). The third kappa shape index (κ3) is 3.69. The van der Waals surface area contributed by atoms with Crippen LogP contribution in [0.4, 0.5) is 0 Å². The van der Waals surface area contributed by atoms with Crippen molar-refractivity contribution in [3.05, 3.63) is 47.8 Å². The van der Waals surface area contributed by atoms with Crippen LogP contribution in [0.3, 0.4) is 0 Å². The number of nitrogens with zero attached hydrogens (tertiary/aromatic N) is 2. The van der Waals surface area contributed by atoms with E-state index in [1.165, 1.54) is 24.0 Å². The van der Waals surface area contributed by atoms with E-state index in [0.717, 1.165) is 5.69 Å². The maximum Gasteiger partial charge on any atom is 0.335 e. The third-order valence-corrected chi connectivity index (χ3v) is 3.30. The van der Waals surface area contributed by atoms with Crippen molar-refractivity contribution in [2.45, 2.75) is 10.8 Å². The van der Waals surface area contributed by atoms with Gasteiger partial charge in [0.2, 0.25) is 5.88 Å². The summed E-state index contributed by atoms with van der Waals surface area (Å²) in [6.07, 6.45) is 1.49. The molecule has 0 amide bonds. The Morgan fingerprint density at radius 3 is 3.00 bits per heavy atom. The van der Waals surface area contributed by atoms with Crippen molar-refractivity contribution in [1.29, 1.82) is 0 Å². The van der Waals surface area contributed by atoms with E-state index in [2.05, 4.69) is 9.97 Å². The van der Waals surface area contributed by atoms with Crippen molar-refractivity contribution >= 4 is 17.7 Å². The van der Waals surface area contributed by atoms with Gasteiger partial charge in [0.25, 0.3) is 0 Å². The predicted molar refractivity (Wildman–Crippen MR) is 71.5 cm³/mol. The van der Waals surface area contributed by atoms with Crippen LogP contribution in [0.1, 0.15) is 16.1 Å². The molecule has 0 fully saturated rings. The molecule has 0 spiro atoms. The molecule has 0 saturated carbocycles. The second-order valence-electron chi connectivity index (χ2n) is 3.65. The van der Waals surface area contributed by atoms with Crippen LogP contribution in [-0.4, -0.2) is 28.2 Å². The molecule has 2 heterocycles. The fourth-order valence-electron chi connectivity index (χ4n) is 1.42. The summed E-state index contributed by atoms with van der Waals surface area (Å²) in [6, 6.07) is 8.54. The number of hydrogen-bond donors (Lipinski definition) is 1. The summed E-state index contributed by atoms with van der Waals surface area (Å²) >= 11 is 1.43. The minimum absolute atomic E-state index is 0.233. The monoisotopic (exact) mass is 276 g/mol. The van der Waals surface area contributed by atoms with Crippen molar-refractivity contribution in [3.63, 3.8) is 0 Å². The normalized spacial score (nSPS) is 10.2. The zero-order valence-corrected chi connectivity index (χ0v) is 11.1. The van der Waals surface area contributed by atoms with Crippen molar-refractivity contribution in [3.8, 4) is 5.88 Å². The average molecular weight is 276 g/mol. The van der Waals surface area contributed by atoms with Crippen LogP contribution in [0.5, 0.6) is 5.88 Å². The smallest absolute Gasteiger partial charge is 0.335 e. The van der Waals surface area contributed by atoms with Crippen LogP contribution in [-0.2, 0) is 5.75 Å². The number of pyridine rings is 2. The zero-order chi connectivity index (χ0) is 13.7. The van der Waals surface area contributed by atoms with Gasteiger partial charge in [-0.1, -0.05) is 6.07 Å². The first-order chi connectivity index (χ1) is 9.19. The highest BCUT2D eigenvalue weighted by Gasteiger charge is 2.05. The van der Waals surface area contributed by atoms with Crippen molar-refractivity contribution in [2.75, 3.05) is 7.11 Å². The molecule has 0 unspecified atom stereocenters. The summed E-state index contributed by atoms with van der Waals surface area (Å²) in [5.74, 6) is 0.210. The Bertz CT molecular complexity index is 590. The van der Waals surface area contributed by atoms with E-state index >= 15 is 0 Å². The lowest BCUT2D eigenvalue weighted by molar-refractivity contribution is 0.0696. The summed E-state index contributed by atoms with van der Waals surface area (Å²) in [5, 5.41) is 9.55. The highest BCUT2D eigenvalue weighted by Crippen LogP contribution is 2.21. The van der Waals surface area contributed by atoms with Crippen molar-refractivity contribution in [1.82, 2.24) is 9.97 Å². The maximum atomic E-state index is 10.8. The third-order valence-electron chi connectivity index (χ3n) is 2.34. The number of aromatic nitrogens is 2. The molecule has 0 aliphatic rings. The molecule has 0 radical (unpaired) electrons. The van der Waals surface area contributed by atoms with Crippen LogP contribution < -0.4 is 4.74 Å². The standard InChI is InChI=1S/C13H12N2O3S/c1-18-11-4-2-3-10(15-11)8-19-12-7-9(13(16)17)5-6-14-12/h2-7H,8H2,1H3,(H,16,17). The topological polar surface area (TPSA) is 72.3 Å². The highest BCUT2D eigenvalue weighted by molar-refractivity contribution is 7.98. The van der Waals surface area contributed by atoms with E-state index in [1.807, 2.05) is 12.1 Å². The fourth-order valence-corrected chi connectivity index (χ4v) is 2.22. The number of carboxylic acid groups (broad SMARTS) is 1. The quantitative estimate of drug-likeness (QED) is 0.846. The first-order valence-electron chi connectivity index (χ1n) is 5.51. The van der Waals surface area contributed by atoms with E-state index in [9.17, 15) is 4.79 Å². The second kappa shape index (κ2) is 6.19. The zero-order valence-electron chi connectivity index (χ0n) is 10.2. The second-order valence-corrected chi connectivity index (χ2v) is 4.64. The molecule has 0 aromatic carbocycles. The lowest BCUT2D eigenvalue weighted by atomic mass is 10.3. The largest absolute Gasteiger partial charge is 0.481 e. The number of rotatable bonds is 5. The summed E-state index contributed by atoms with van der Waals surface area (Å²) < 4.78 is 5.04. The number of ether oxygens (including phenoxy) is 1. The molecule has 2 aromatic heterocycles. The molecule has 5 nitrogen and oxygen atoms in total. The number of carbonyl (C=O) groups is 1. The molecule has 6 heteroatoms. The molecule has 0 aliphatic carbocycles. The molecule has 19 heavy (non-hydrogen) atoms. The fraction of sp³-hybridized carbons (Fsp3) is 0.154. The van der Waals surface area contributed by atoms with E-state index in [4.69, 9.17) is 9.84 Å². The predicted octanol–water partition coefficient (Wildman–Crippen LogP) is 2.48. The average Bonchev–Trinajstić information content (AvgIpc) is 2.45. The molecular formula is C13H12N2O3S. The van der Waals surface area contributed by atoms with Gasteiger partial charge in [-0.3, -0.25) is 0 Å². The van der Waals surface area contributed by atoms with Gasteiger partial charge in [0.15, 0.2) is 0 Å². The number of methoxy groups -OCH3 is 1. The maximum absolute atomic E-state index is 10.8. The summed E-state index contributed by atoms with van der Waals surface area (Å²) in [5.41, 5.74) is 1.09. The minimum atomic E-state index is -0.955. The first kappa shape index (κ1) is 13.4. The molecule has 0 saturated heterocycles. The van der Waals surface area contributed by atoms with Gasteiger partial charge >= 0.3 is 5.97 Å². The number of thioether (sulfide) groups is 1. The van der Waals surface area contributed by atoms with Gasteiger partial charge in [-0.2, -0.15) is 0 Å². The first-order valence-corrected chi connectivity index (χ1v) is 6.49. The molecule has 1 N–H and O–H groups in total. The van der Waals surface area contributed by atoms with E-state index in [-0.39, 0.29) is 5.56 Å². The van der Waals surface area contributed by atoms with Crippen molar-refractivity contribution < 1.29 is 14.6 Å². The van der Waals surface area contributed by atoms with E-state index in [0.29, 0.717) is 16.7 Å². The van der Waals surface area contributed by atoms with Crippen LogP contribution in [0.2, 0.25) is 0 Å². The SMILES string of the molecule is COc1cccc(CSc2cc(C(=O)O)ccn2)n1. The van der Waals surface area contributed by atoms with E-state index in [1.54, 1.807) is 19.2 Å². The lowest BCUT2D eigenvalue weighted by Crippen LogP contribution is -1.97. The molecule has 0 aliphatic heterocycles. The Morgan fingerprint density at radius 1 is 1.42 bits per heavy atom. The molecule has 98 valence electrons. The van der Waals surface area contributed by atoms with Gasteiger partial charge in [-0.05, 0) is 18.2 Å². The van der Waals surface area contributed by atoms with E-state index < -0.39 is 5.97 Å². The van der Waals surface area contributed by atoms with Gasteiger partial charge in [-0.25, -0.2) is 14.8 Å². The summed E-state index contributed by atoms with van der Waals surface area (Å²) in [6.45, 7) is 0. The summed E-state index contributed by atoms with van der Waals surface area (Å²) in [4.78, 5) is 19.2. The summed E-state index contributed by atoms with van der Waals surface area (Å²) in [7, 11) is 1.57. The lowest BCUT2D eigenvalue weighted by Gasteiger charge is -2.03. The Hall–Kier alpha value is -2.08. The number of carboxylic acids is 1.